The van der Waals surface area contributed by atoms with Crippen LogP contribution < -0.4 is 5.32 Å². The summed E-state index contributed by atoms with van der Waals surface area (Å²) in [5, 5.41) is 3.61. The smallest absolute Gasteiger partial charge is 0.0946 e. The van der Waals surface area contributed by atoms with Crippen LogP contribution in [0.15, 0.2) is 36.8 Å². The summed E-state index contributed by atoms with van der Waals surface area (Å²) >= 11 is 0. The Balaban J connectivity index is 2.37. The first kappa shape index (κ1) is 12.8. The quantitative estimate of drug-likeness (QED) is 0.875. The molecular weight excluding hydrogens is 222 g/mol. The molecule has 0 spiro atoms. The van der Waals surface area contributed by atoms with Gasteiger partial charge >= 0.3 is 0 Å². The van der Waals surface area contributed by atoms with E-state index in [1.54, 1.807) is 0 Å². The van der Waals surface area contributed by atoms with Crippen molar-refractivity contribution in [3.05, 3.63) is 53.6 Å². The van der Waals surface area contributed by atoms with Crippen molar-refractivity contribution in [2.24, 2.45) is 7.05 Å². The maximum absolute atomic E-state index is 4.23. The number of hydrogen-bond donors (Lipinski definition) is 1. The molecule has 1 aromatic heterocycles. The van der Waals surface area contributed by atoms with Crippen LogP contribution in [0.3, 0.4) is 0 Å². The minimum atomic E-state index is 0.221. The van der Waals surface area contributed by atoms with Crippen LogP contribution in [0, 0.1) is 6.92 Å². The van der Waals surface area contributed by atoms with E-state index in [0.717, 1.165) is 13.0 Å². The summed E-state index contributed by atoms with van der Waals surface area (Å²) in [7, 11) is 2.04. The van der Waals surface area contributed by atoms with Gasteiger partial charge in [0.2, 0.25) is 0 Å². The monoisotopic (exact) mass is 243 g/mol. The van der Waals surface area contributed by atoms with Crippen molar-refractivity contribution in [1.82, 2.24) is 14.9 Å². The van der Waals surface area contributed by atoms with Crippen molar-refractivity contribution in [3.63, 3.8) is 0 Å². The van der Waals surface area contributed by atoms with Gasteiger partial charge in [0.1, 0.15) is 0 Å². The fourth-order valence-electron chi connectivity index (χ4n) is 2.22. The van der Waals surface area contributed by atoms with Crippen LogP contribution in [0.5, 0.6) is 0 Å². The Morgan fingerprint density at radius 3 is 2.72 bits per heavy atom. The zero-order valence-corrected chi connectivity index (χ0v) is 11.4. The van der Waals surface area contributed by atoms with Crippen LogP contribution in [0.2, 0.25) is 0 Å². The number of imidazole rings is 1. The summed E-state index contributed by atoms with van der Waals surface area (Å²) in [5.74, 6) is 0. The van der Waals surface area contributed by atoms with E-state index in [-0.39, 0.29) is 6.04 Å². The lowest BCUT2D eigenvalue weighted by molar-refractivity contribution is 0.567. The highest BCUT2D eigenvalue weighted by molar-refractivity contribution is 5.34. The predicted octanol–water partition coefficient (Wildman–Crippen LogP) is 2.82. The van der Waals surface area contributed by atoms with Crippen molar-refractivity contribution in [2.45, 2.75) is 26.3 Å². The van der Waals surface area contributed by atoms with Gasteiger partial charge in [-0.25, -0.2) is 4.98 Å². The molecule has 0 aliphatic rings. The third-order valence-electron chi connectivity index (χ3n) is 3.25. The van der Waals surface area contributed by atoms with E-state index in [4.69, 9.17) is 0 Å². The van der Waals surface area contributed by atoms with Gasteiger partial charge in [-0.2, -0.15) is 0 Å². The average molecular weight is 243 g/mol. The molecule has 1 aromatic carbocycles. The molecule has 1 unspecified atom stereocenters. The standard InChI is InChI=1S/C15H21N3/c1-4-9-17-15(14-10-16-11-18(14)3)13-8-6-5-7-12(13)2/h5-8,10-11,15,17H,4,9H2,1-3H3. The van der Waals surface area contributed by atoms with E-state index in [2.05, 4.69) is 53.0 Å². The molecule has 2 aromatic rings. The second-order valence-electron chi connectivity index (χ2n) is 4.67. The van der Waals surface area contributed by atoms with Crippen molar-refractivity contribution in [3.8, 4) is 0 Å². The van der Waals surface area contributed by atoms with Crippen LogP contribution in [-0.2, 0) is 7.05 Å². The van der Waals surface area contributed by atoms with Crippen molar-refractivity contribution < 1.29 is 0 Å². The normalized spacial score (nSPS) is 12.6. The highest BCUT2D eigenvalue weighted by Gasteiger charge is 2.17. The van der Waals surface area contributed by atoms with Gasteiger partial charge in [-0.1, -0.05) is 31.2 Å². The molecule has 0 saturated heterocycles. The average Bonchev–Trinajstić information content (AvgIpc) is 2.78. The van der Waals surface area contributed by atoms with Gasteiger partial charge in [0.25, 0.3) is 0 Å². The SMILES string of the molecule is CCCNC(c1ccccc1C)c1cncn1C. The van der Waals surface area contributed by atoms with Crippen LogP contribution in [0.25, 0.3) is 0 Å². The zero-order chi connectivity index (χ0) is 13.0. The molecule has 1 heterocycles. The number of benzene rings is 1. The Kier molecular flexibility index (Phi) is 4.15. The van der Waals surface area contributed by atoms with Crippen molar-refractivity contribution >= 4 is 0 Å². The fourth-order valence-corrected chi connectivity index (χ4v) is 2.22. The molecule has 0 amide bonds. The number of aromatic nitrogens is 2. The lowest BCUT2D eigenvalue weighted by Gasteiger charge is -2.21. The molecule has 1 atom stereocenters. The molecule has 18 heavy (non-hydrogen) atoms. The Hall–Kier alpha value is -1.61. The van der Waals surface area contributed by atoms with Crippen LogP contribution in [0.4, 0.5) is 0 Å². The van der Waals surface area contributed by atoms with Gasteiger partial charge < -0.3 is 9.88 Å². The Labute approximate surface area is 109 Å². The van der Waals surface area contributed by atoms with Crippen LogP contribution in [0.1, 0.15) is 36.2 Å². The first-order valence-electron chi connectivity index (χ1n) is 6.49. The van der Waals surface area contributed by atoms with Crippen molar-refractivity contribution in [2.75, 3.05) is 6.54 Å². The highest BCUT2D eigenvalue weighted by Crippen LogP contribution is 2.24. The summed E-state index contributed by atoms with van der Waals surface area (Å²) in [5.41, 5.74) is 3.85. The lowest BCUT2D eigenvalue weighted by atomic mass is 9.99. The molecule has 0 fully saturated rings. The highest BCUT2D eigenvalue weighted by atomic mass is 15.1. The van der Waals surface area contributed by atoms with Crippen LogP contribution >= 0.6 is 0 Å². The third kappa shape index (κ3) is 2.62. The number of aryl methyl sites for hydroxylation is 2. The molecule has 2 rings (SSSR count). The first-order valence-corrected chi connectivity index (χ1v) is 6.49. The van der Waals surface area contributed by atoms with Gasteiger partial charge in [-0.05, 0) is 31.0 Å². The minimum Gasteiger partial charge on any atom is -0.336 e. The van der Waals surface area contributed by atoms with E-state index in [0.29, 0.717) is 0 Å². The lowest BCUT2D eigenvalue weighted by Crippen LogP contribution is -2.25. The summed E-state index contributed by atoms with van der Waals surface area (Å²) in [6.07, 6.45) is 4.92. The van der Waals surface area contributed by atoms with Gasteiger partial charge in [-0.15, -0.1) is 0 Å². The Morgan fingerprint density at radius 1 is 1.33 bits per heavy atom. The number of hydrogen-bond acceptors (Lipinski definition) is 2. The third-order valence-corrected chi connectivity index (χ3v) is 3.25. The van der Waals surface area contributed by atoms with Crippen molar-refractivity contribution in [1.29, 1.82) is 0 Å². The maximum Gasteiger partial charge on any atom is 0.0946 e. The van der Waals surface area contributed by atoms with E-state index >= 15 is 0 Å². The molecule has 0 radical (unpaired) electrons. The summed E-state index contributed by atoms with van der Waals surface area (Å²) in [6.45, 7) is 5.35. The molecule has 0 aliphatic carbocycles. The number of nitrogens with zero attached hydrogens (tertiary/aromatic N) is 2. The minimum absolute atomic E-state index is 0.221. The molecule has 0 saturated carbocycles. The van der Waals surface area contributed by atoms with E-state index in [9.17, 15) is 0 Å². The van der Waals surface area contributed by atoms with Gasteiger partial charge in [0, 0.05) is 7.05 Å². The summed E-state index contributed by atoms with van der Waals surface area (Å²) < 4.78 is 2.08. The summed E-state index contributed by atoms with van der Waals surface area (Å²) in [4.78, 5) is 4.23. The Morgan fingerprint density at radius 2 is 2.11 bits per heavy atom. The zero-order valence-electron chi connectivity index (χ0n) is 11.4. The van der Waals surface area contributed by atoms with E-state index in [1.807, 2.05) is 19.6 Å². The molecular formula is C15H21N3. The molecule has 0 aliphatic heterocycles. The summed E-state index contributed by atoms with van der Waals surface area (Å²) in [6, 6.07) is 8.75. The first-order chi connectivity index (χ1) is 8.74. The molecule has 96 valence electrons. The van der Waals surface area contributed by atoms with Crippen LogP contribution in [-0.4, -0.2) is 16.1 Å². The molecule has 3 heteroatoms. The molecule has 0 bridgehead atoms. The number of rotatable bonds is 5. The van der Waals surface area contributed by atoms with Gasteiger partial charge in [-0.3, -0.25) is 0 Å². The number of nitrogens with one attached hydrogen (secondary N) is 1. The van der Waals surface area contributed by atoms with E-state index < -0.39 is 0 Å². The molecule has 1 N–H and O–H groups in total. The van der Waals surface area contributed by atoms with E-state index in [1.165, 1.54) is 16.8 Å². The maximum atomic E-state index is 4.23. The largest absolute Gasteiger partial charge is 0.336 e. The second kappa shape index (κ2) is 5.83. The fraction of sp³-hybridized carbons (Fsp3) is 0.400. The van der Waals surface area contributed by atoms with Gasteiger partial charge in [0.15, 0.2) is 0 Å². The topological polar surface area (TPSA) is 29.9 Å². The second-order valence-corrected chi connectivity index (χ2v) is 4.67. The Bertz CT molecular complexity index is 502. The van der Waals surface area contributed by atoms with Gasteiger partial charge in [0.05, 0.1) is 24.3 Å². The predicted molar refractivity (Wildman–Crippen MR) is 74.5 cm³/mol. The molecule has 3 nitrogen and oxygen atoms in total.